The van der Waals surface area contributed by atoms with Crippen LogP contribution in [0.25, 0.3) is 0 Å². The van der Waals surface area contributed by atoms with Crippen LogP contribution in [0.15, 0.2) is 78.9 Å². The molecule has 0 saturated carbocycles. The number of benzene rings is 3. The Bertz CT molecular complexity index is 1160. The summed E-state index contributed by atoms with van der Waals surface area (Å²) in [6, 6.07) is 23.8. The molecule has 1 unspecified atom stereocenters. The lowest BCUT2D eigenvalue weighted by molar-refractivity contribution is -0.128. The SMILES string of the molecule is CCOc1ccc(NC(=O)c2ccc(NC(=O)C3CC(=O)N(CCc4ccccc4)C3)cc2)cc1. The third-order valence-electron chi connectivity index (χ3n) is 5.94. The van der Waals surface area contributed by atoms with Crippen molar-refractivity contribution in [2.75, 3.05) is 30.3 Å². The summed E-state index contributed by atoms with van der Waals surface area (Å²) in [4.78, 5) is 39.4. The molecule has 1 aliphatic heterocycles. The van der Waals surface area contributed by atoms with Crippen LogP contribution in [0.5, 0.6) is 5.75 Å². The first-order valence-corrected chi connectivity index (χ1v) is 11.8. The fraction of sp³-hybridized carbons (Fsp3) is 0.250. The maximum atomic E-state index is 12.7. The summed E-state index contributed by atoms with van der Waals surface area (Å²) in [6.45, 7) is 3.51. The van der Waals surface area contributed by atoms with E-state index in [0.717, 1.165) is 12.2 Å². The van der Waals surface area contributed by atoms with Gasteiger partial charge in [-0.2, -0.15) is 0 Å². The zero-order valence-corrected chi connectivity index (χ0v) is 19.7. The molecule has 7 heteroatoms. The second kappa shape index (κ2) is 11.3. The Morgan fingerprint density at radius 1 is 0.914 bits per heavy atom. The van der Waals surface area contributed by atoms with E-state index in [1.165, 1.54) is 5.56 Å². The van der Waals surface area contributed by atoms with Crippen LogP contribution in [0.4, 0.5) is 11.4 Å². The first kappa shape index (κ1) is 24.0. The van der Waals surface area contributed by atoms with Gasteiger partial charge < -0.3 is 20.3 Å². The summed E-state index contributed by atoms with van der Waals surface area (Å²) < 4.78 is 5.41. The molecule has 0 spiro atoms. The summed E-state index contributed by atoms with van der Waals surface area (Å²) in [6.07, 6.45) is 0.976. The van der Waals surface area contributed by atoms with Crippen molar-refractivity contribution in [3.63, 3.8) is 0 Å². The van der Waals surface area contributed by atoms with Gasteiger partial charge in [-0.1, -0.05) is 30.3 Å². The number of ether oxygens (including phenoxy) is 1. The average molecular weight is 472 g/mol. The molecule has 0 bridgehead atoms. The predicted molar refractivity (Wildman–Crippen MR) is 135 cm³/mol. The van der Waals surface area contributed by atoms with Gasteiger partial charge in [0.05, 0.1) is 12.5 Å². The van der Waals surface area contributed by atoms with Crippen LogP contribution in [-0.2, 0) is 16.0 Å². The Morgan fingerprint density at radius 2 is 1.57 bits per heavy atom. The standard InChI is InChI=1S/C28H29N3O4/c1-2-35-25-14-12-24(13-15-25)29-27(33)21-8-10-23(11-9-21)30-28(34)22-18-26(32)31(19-22)17-16-20-6-4-3-5-7-20/h3-15,22H,2,16-19H2,1H3,(H,29,33)(H,30,34). The fourth-order valence-corrected chi connectivity index (χ4v) is 4.03. The van der Waals surface area contributed by atoms with Crippen molar-refractivity contribution in [1.82, 2.24) is 4.90 Å². The Kier molecular flexibility index (Phi) is 7.77. The molecule has 0 aromatic heterocycles. The first-order chi connectivity index (χ1) is 17.0. The van der Waals surface area contributed by atoms with Crippen LogP contribution >= 0.6 is 0 Å². The number of rotatable bonds is 9. The molecule has 0 aliphatic carbocycles. The molecule has 3 aromatic carbocycles. The Hall–Kier alpha value is -4.13. The number of carbonyl (C=O) groups excluding carboxylic acids is 3. The predicted octanol–water partition coefficient (Wildman–Crippen LogP) is 4.37. The summed E-state index contributed by atoms with van der Waals surface area (Å²) in [7, 11) is 0. The van der Waals surface area contributed by atoms with E-state index in [1.54, 1.807) is 53.4 Å². The van der Waals surface area contributed by atoms with Crippen LogP contribution in [0, 0.1) is 5.92 Å². The van der Waals surface area contributed by atoms with Crippen LogP contribution in [-0.4, -0.2) is 42.3 Å². The van der Waals surface area contributed by atoms with Crippen LogP contribution in [0.1, 0.15) is 29.3 Å². The van der Waals surface area contributed by atoms with Gasteiger partial charge in [-0.05, 0) is 67.4 Å². The molecular weight excluding hydrogens is 442 g/mol. The highest BCUT2D eigenvalue weighted by Gasteiger charge is 2.34. The van der Waals surface area contributed by atoms with Crippen LogP contribution in [0.2, 0.25) is 0 Å². The van der Waals surface area contributed by atoms with Gasteiger partial charge in [0.2, 0.25) is 11.8 Å². The van der Waals surface area contributed by atoms with Gasteiger partial charge >= 0.3 is 0 Å². The number of anilines is 2. The second-order valence-electron chi connectivity index (χ2n) is 8.45. The van der Waals surface area contributed by atoms with E-state index in [1.807, 2.05) is 37.3 Å². The number of nitrogens with zero attached hydrogens (tertiary/aromatic N) is 1. The monoisotopic (exact) mass is 471 g/mol. The Labute approximate surface area is 205 Å². The zero-order valence-electron chi connectivity index (χ0n) is 19.7. The van der Waals surface area contributed by atoms with Gasteiger partial charge in [-0.3, -0.25) is 14.4 Å². The van der Waals surface area contributed by atoms with Crippen molar-refractivity contribution in [2.24, 2.45) is 5.92 Å². The quantitative estimate of drug-likeness (QED) is 0.485. The van der Waals surface area contributed by atoms with Crippen LogP contribution < -0.4 is 15.4 Å². The van der Waals surface area contributed by atoms with Gasteiger partial charge in [0, 0.05) is 36.4 Å². The molecule has 4 rings (SSSR count). The molecule has 35 heavy (non-hydrogen) atoms. The molecule has 0 radical (unpaired) electrons. The van der Waals surface area contributed by atoms with Gasteiger partial charge in [0.15, 0.2) is 0 Å². The smallest absolute Gasteiger partial charge is 0.255 e. The van der Waals surface area contributed by atoms with Crippen molar-refractivity contribution in [1.29, 1.82) is 0 Å². The van der Waals surface area contributed by atoms with E-state index in [0.29, 0.717) is 36.6 Å². The Balaban J connectivity index is 1.27. The van der Waals surface area contributed by atoms with Crippen molar-refractivity contribution in [3.8, 4) is 5.75 Å². The maximum Gasteiger partial charge on any atom is 0.255 e. The average Bonchev–Trinajstić information content (AvgIpc) is 3.26. The summed E-state index contributed by atoms with van der Waals surface area (Å²) >= 11 is 0. The van der Waals surface area contributed by atoms with Gasteiger partial charge in [0.1, 0.15) is 5.75 Å². The normalized spacial score (nSPS) is 15.1. The lowest BCUT2D eigenvalue weighted by Gasteiger charge is -2.16. The molecule has 1 heterocycles. The minimum Gasteiger partial charge on any atom is -0.494 e. The Morgan fingerprint density at radius 3 is 2.26 bits per heavy atom. The molecule has 7 nitrogen and oxygen atoms in total. The minimum atomic E-state index is -0.388. The van der Waals surface area contributed by atoms with E-state index in [4.69, 9.17) is 4.74 Å². The van der Waals surface area contributed by atoms with Crippen molar-refractivity contribution >= 4 is 29.1 Å². The number of hydrogen-bond donors (Lipinski definition) is 2. The largest absolute Gasteiger partial charge is 0.494 e. The minimum absolute atomic E-state index is 0.00221. The summed E-state index contributed by atoms with van der Waals surface area (Å²) in [5, 5.41) is 5.71. The fourth-order valence-electron chi connectivity index (χ4n) is 4.03. The first-order valence-electron chi connectivity index (χ1n) is 11.8. The van der Waals surface area contributed by atoms with E-state index >= 15 is 0 Å². The molecule has 3 amide bonds. The molecule has 2 N–H and O–H groups in total. The topological polar surface area (TPSA) is 87.7 Å². The molecule has 3 aromatic rings. The van der Waals surface area contributed by atoms with Crippen molar-refractivity contribution in [3.05, 3.63) is 90.0 Å². The van der Waals surface area contributed by atoms with E-state index in [2.05, 4.69) is 10.6 Å². The van der Waals surface area contributed by atoms with Gasteiger partial charge in [0.25, 0.3) is 5.91 Å². The zero-order chi connectivity index (χ0) is 24.6. The lowest BCUT2D eigenvalue weighted by atomic mass is 10.1. The number of carbonyl (C=O) groups is 3. The maximum absolute atomic E-state index is 12.7. The molecule has 1 fully saturated rings. The van der Waals surface area contributed by atoms with E-state index < -0.39 is 0 Å². The number of likely N-dealkylation sites (tertiary alicyclic amines) is 1. The van der Waals surface area contributed by atoms with E-state index in [-0.39, 0.29) is 30.1 Å². The molecule has 1 aliphatic rings. The molecular formula is C28H29N3O4. The van der Waals surface area contributed by atoms with Crippen LogP contribution in [0.3, 0.4) is 0 Å². The van der Waals surface area contributed by atoms with Crippen molar-refractivity contribution < 1.29 is 19.1 Å². The number of hydrogen-bond acceptors (Lipinski definition) is 4. The van der Waals surface area contributed by atoms with Gasteiger partial charge in [-0.15, -0.1) is 0 Å². The summed E-state index contributed by atoms with van der Waals surface area (Å²) in [5.74, 6) is -0.0770. The third kappa shape index (κ3) is 6.47. The molecule has 1 saturated heterocycles. The van der Waals surface area contributed by atoms with Crippen molar-refractivity contribution in [2.45, 2.75) is 19.8 Å². The second-order valence-corrected chi connectivity index (χ2v) is 8.45. The van der Waals surface area contributed by atoms with Gasteiger partial charge in [-0.25, -0.2) is 0 Å². The lowest BCUT2D eigenvalue weighted by Crippen LogP contribution is -2.30. The number of nitrogens with one attached hydrogen (secondary N) is 2. The summed E-state index contributed by atoms with van der Waals surface area (Å²) in [5.41, 5.74) is 2.89. The highest BCUT2D eigenvalue weighted by Crippen LogP contribution is 2.21. The highest BCUT2D eigenvalue weighted by atomic mass is 16.5. The number of amides is 3. The third-order valence-corrected chi connectivity index (χ3v) is 5.94. The molecule has 180 valence electrons. The highest BCUT2D eigenvalue weighted by molar-refractivity contribution is 6.05. The molecule has 1 atom stereocenters. The van der Waals surface area contributed by atoms with E-state index in [9.17, 15) is 14.4 Å².